The van der Waals surface area contributed by atoms with Crippen LogP contribution in [0.3, 0.4) is 0 Å². The number of carbonyl (C=O) groups is 1. The Morgan fingerprint density at radius 2 is 1.75 bits per heavy atom. The third kappa shape index (κ3) is 3.99. The Kier molecular flexibility index (Phi) is 5.70. The number of ether oxygens (including phenoxy) is 3. The zero-order valence-corrected chi connectivity index (χ0v) is 13.1. The molecule has 5 nitrogen and oxygen atoms in total. The summed E-state index contributed by atoms with van der Waals surface area (Å²) in [5, 5.41) is 9.07. The molecule has 1 N–H and O–H groups in total. The molecule has 2 aromatic rings. The molecule has 0 radical (unpaired) electrons. The van der Waals surface area contributed by atoms with Gasteiger partial charge in [-0.05, 0) is 19.1 Å². The van der Waals surface area contributed by atoms with E-state index in [0.29, 0.717) is 11.5 Å². The molecule has 0 amide bonds. The first kappa shape index (κ1) is 17.7. The Balaban J connectivity index is 2.33. The topological polar surface area (TPSA) is 65.0 Å². The van der Waals surface area contributed by atoms with Crippen LogP contribution in [-0.4, -0.2) is 24.8 Å². The summed E-state index contributed by atoms with van der Waals surface area (Å²) in [6.45, 7) is 1.53. The number of halogens is 2. The lowest BCUT2D eigenvalue weighted by Gasteiger charge is -2.15. The van der Waals surface area contributed by atoms with Gasteiger partial charge in [0, 0.05) is 24.8 Å². The fourth-order valence-electron chi connectivity index (χ4n) is 2.12. The average molecular weight is 338 g/mol. The van der Waals surface area contributed by atoms with Gasteiger partial charge < -0.3 is 19.3 Å². The first-order valence-electron chi connectivity index (χ1n) is 7.11. The highest BCUT2D eigenvalue weighted by atomic mass is 19.1. The van der Waals surface area contributed by atoms with Crippen molar-refractivity contribution in [3.05, 3.63) is 53.6 Å². The number of rotatable bonds is 7. The monoisotopic (exact) mass is 338 g/mol. The molecular weight excluding hydrogens is 322 g/mol. The van der Waals surface area contributed by atoms with E-state index < -0.39 is 29.3 Å². The van der Waals surface area contributed by atoms with Crippen molar-refractivity contribution in [3.8, 4) is 17.2 Å². The summed E-state index contributed by atoms with van der Waals surface area (Å²) in [4.78, 5) is 11.1. The van der Waals surface area contributed by atoms with E-state index in [-0.39, 0.29) is 12.4 Å². The molecule has 0 aliphatic carbocycles. The maximum absolute atomic E-state index is 14.2. The number of methoxy groups -OCH3 is 1. The summed E-state index contributed by atoms with van der Waals surface area (Å²) in [5.74, 6) is -2.87. The Hall–Kier alpha value is -2.67. The van der Waals surface area contributed by atoms with Crippen LogP contribution in [0.4, 0.5) is 8.78 Å². The predicted octanol–water partition coefficient (Wildman–Crippen LogP) is 3.93. The Morgan fingerprint density at radius 1 is 1.12 bits per heavy atom. The van der Waals surface area contributed by atoms with Crippen molar-refractivity contribution in [1.29, 1.82) is 0 Å². The minimum Gasteiger partial charge on any atom is -0.497 e. The molecule has 0 saturated carbocycles. The summed E-state index contributed by atoms with van der Waals surface area (Å²) in [5.41, 5.74) is -0.664. The normalized spacial score (nSPS) is 11.8. The zero-order chi connectivity index (χ0) is 17.7. The molecule has 0 aromatic heterocycles. The van der Waals surface area contributed by atoms with Crippen molar-refractivity contribution in [2.75, 3.05) is 13.7 Å². The number of hydrogen-bond acceptors (Lipinski definition) is 4. The second-order valence-corrected chi connectivity index (χ2v) is 4.76. The van der Waals surface area contributed by atoms with Gasteiger partial charge in [0.1, 0.15) is 28.9 Å². The summed E-state index contributed by atoms with van der Waals surface area (Å²) >= 11 is 0. The second kappa shape index (κ2) is 7.74. The standard InChI is InChI=1S/C17H16F2O5/c1-3-23-16(17(20)21)15-13(18)8-12(9-14(15)19)24-11-6-4-5-10(7-11)22-2/h4-9,16H,3H2,1-2H3,(H,20,21). The van der Waals surface area contributed by atoms with E-state index in [9.17, 15) is 13.6 Å². The SMILES string of the molecule is CCOC(C(=O)O)c1c(F)cc(Oc2cccc(OC)c2)cc1F. The highest BCUT2D eigenvalue weighted by molar-refractivity contribution is 5.74. The maximum Gasteiger partial charge on any atom is 0.337 e. The number of aliphatic carboxylic acids is 1. The van der Waals surface area contributed by atoms with Crippen molar-refractivity contribution < 1.29 is 32.9 Å². The summed E-state index contributed by atoms with van der Waals surface area (Å²) in [7, 11) is 1.48. The van der Waals surface area contributed by atoms with Gasteiger partial charge in [-0.1, -0.05) is 6.07 Å². The molecule has 2 aromatic carbocycles. The quantitative estimate of drug-likeness (QED) is 0.829. The lowest BCUT2D eigenvalue weighted by atomic mass is 10.1. The minimum absolute atomic E-state index is 0.00208. The van der Waals surface area contributed by atoms with E-state index in [2.05, 4.69) is 0 Å². The van der Waals surface area contributed by atoms with Crippen LogP contribution >= 0.6 is 0 Å². The second-order valence-electron chi connectivity index (χ2n) is 4.76. The predicted molar refractivity (Wildman–Crippen MR) is 81.4 cm³/mol. The molecule has 2 rings (SSSR count). The largest absolute Gasteiger partial charge is 0.497 e. The molecule has 1 unspecified atom stereocenters. The average Bonchev–Trinajstić information content (AvgIpc) is 2.53. The highest BCUT2D eigenvalue weighted by Crippen LogP contribution is 2.31. The number of carboxylic acid groups (broad SMARTS) is 1. The van der Waals surface area contributed by atoms with Crippen LogP contribution in [0, 0.1) is 11.6 Å². The number of hydrogen-bond donors (Lipinski definition) is 1. The summed E-state index contributed by atoms with van der Waals surface area (Å²) < 4.78 is 43.7. The van der Waals surface area contributed by atoms with Gasteiger partial charge in [0.15, 0.2) is 6.10 Å². The third-order valence-electron chi connectivity index (χ3n) is 3.15. The highest BCUT2D eigenvalue weighted by Gasteiger charge is 2.28. The number of carboxylic acids is 1. The first-order chi connectivity index (χ1) is 11.5. The number of benzene rings is 2. The molecule has 128 valence electrons. The van der Waals surface area contributed by atoms with Gasteiger partial charge in [-0.2, -0.15) is 0 Å². The van der Waals surface area contributed by atoms with Crippen LogP contribution in [0.15, 0.2) is 36.4 Å². The van der Waals surface area contributed by atoms with Crippen LogP contribution in [0.1, 0.15) is 18.6 Å². The fourth-order valence-corrected chi connectivity index (χ4v) is 2.12. The molecule has 0 heterocycles. The third-order valence-corrected chi connectivity index (χ3v) is 3.15. The maximum atomic E-state index is 14.2. The van der Waals surface area contributed by atoms with Crippen LogP contribution in [-0.2, 0) is 9.53 Å². The zero-order valence-electron chi connectivity index (χ0n) is 13.1. The van der Waals surface area contributed by atoms with Gasteiger partial charge in [0.05, 0.1) is 12.7 Å². The van der Waals surface area contributed by atoms with Crippen LogP contribution in [0.25, 0.3) is 0 Å². The molecule has 24 heavy (non-hydrogen) atoms. The molecule has 0 aliphatic rings. The van der Waals surface area contributed by atoms with Crippen molar-refractivity contribution in [3.63, 3.8) is 0 Å². The van der Waals surface area contributed by atoms with E-state index in [4.69, 9.17) is 19.3 Å². The van der Waals surface area contributed by atoms with Crippen molar-refractivity contribution in [1.82, 2.24) is 0 Å². The van der Waals surface area contributed by atoms with E-state index in [1.54, 1.807) is 24.3 Å². The molecule has 0 fully saturated rings. The Bertz CT molecular complexity index is 710. The van der Waals surface area contributed by atoms with Gasteiger partial charge >= 0.3 is 5.97 Å². The van der Waals surface area contributed by atoms with Crippen molar-refractivity contribution in [2.45, 2.75) is 13.0 Å². The van der Waals surface area contributed by atoms with E-state index >= 15 is 0 Å². The van der Waals surface area contributed by atoms with Gasteiger partial charge in [-0.25, -0.2) is 13.6 Å². The van der Waals surface area contributed by atoms with E-state index in [0.717, 1.165) is 12.1 Å². The van der Waals surface area contributed by atoms with Crippen molar-refractivity contribution >= 4 is 5.97 Å². The Morgan fingerprint density at radius 3 is 2.29 bits per heavy atom. The summed E-state index contributed by atoms with van der Waals surface area (Å²) in [6.07, 6.45) is -1.72. The van der Waals surface area contributed by atoms with Gasteiger partial charge in [0.2, 0.25) is 0 Å². The minimum atomic E-state index is -1.72. The lowest BCUT2D eigenvalue weighted by Crippen LogP contribution is -2.18. The smallest absolute Gasteiger partial charge is 0.337 e. The molecule has 7 heteroatoms. The van der Waals surface area contributed by atoms with Gasteiger partial charge in [-0.3, -0.25) is 0 Å². The molecule has 0 aliphatic heterocycles. The summed E-state index contributed by atoms with van der Waals surface area (Å²) in [6, 6.07) is 8.30. The van der Waals surface area contributed by atoms with Gasteiger partial charge in [0.25, 0.3) is 0 Å². The Labute approximate surface area is 137 Å². The fraction of sp³-hybridized carbons (Fsp3) is 0.235. The first-order valence-corrected chi connectivity index (χ1v) is 7.11. The molecule has 0 saturated heterocycles. The molecule has 0 spiro atoms. The molecule has 0 bridgehead atoms. The van der Waals surface area contributed by atoms with Gasteiger partial charge in [-0.15, -0.1) is 0 Å². The van der Waals surface area contributed by atoms with Crippen LogP contribution < -0.4 is 9.47 Å². The van der Waals surface area contributed by atoms with Crippen molar-refractivity contribution in [2.24, 2.45) is 0 Å². The van der Waals surface area contributed by atoms with E-state index in [1.165, 1.54) is 14.0 Å². The molecular formula is C17H16F2O5. The van der Waals surface area contributed by atoms with Crippen LogP contribution in [0.2, 0.25) is 0 Å². The molecule has 1 atom stereocenters. The lowest BCUT2D eigenvalue weighted by molar-refractivity contribution is -0.151. The van der Waals surface area contributed by atoms with E-state index in [1.807, 2.05) is 0 Å². The van der Waals surface area contributed by atoms with Crippen LogP contribution in [0.5, 0.6) is 17.2 Å².